The molecule has 1 heterocycles. The van der Waals surface area contributed by atoms with Gasteiger partial charge in [-0.2, -0.15) is 5.10 Å². The van der Waals surface area contributed by atoms with Crippen LogP contribution in [0, 0.1) is 11.6 Å². The van der Waals surface area contributed by atoms with Crippen molar-refractivity contribution in [3.8, 4) is 11.5 Å². The summed E-state index contributed by atoms with van der Waals surface area (Å²) in [7, 11) is 1.53. The minimum absolute atomic E-state index is 0.0369. The molecule has 128 valence electrons. The third-order valence-corrected chi connectivity index (χ3v) is 3.31. The molecular weight excluding hydrogens is 330 g/mol. The zero-order chi connectivity index (χ0) is 17.6. The molecule has 0 aliphatic carbocycles. The van der Waals surface area contributed by atoms with E-state index in [0.717, 1.165) is 17.7 Å². The summed E-state index contributed by atoms with van der Waals surface area (Å²) in [5, 5.41) is 7.98. The van der Waals surface area contributed by atoms with Gasteiger partial charge in [-0.15, -0.1) is 9.89 Å². The molecule has 3 rings (SSSR count). The lowest BCUT2D eigenvalue weighted by atomic mass is 10.1. The van der Waals surface area contributed by atoms with Gasteiger partial charge in [-0.25, -0.2) is 13.8 Å². The van der Waals surface area contributed by atoms with Crippen LogP contribution in [0.2, 0.25) is 0 Å². The van der Waals surface area contributed by atoms with Crippen LogP contribution in [0.25, 0.3) is 0 Å². The number of halogens is 2. The number of methoxy groups -OCH3 is 1. The fourth-order valence-electron chi connectivity index (χ4n) is 2.13. The Kier molecular flexibility index (Phi) is 4.98. The van der Waals surface area contributed by atoms with Crippen molar-refractivity contribution in [1.82, 2.24) is 14.9 Å². The van der Waals surface area contributed by atoms with Crippen LogP contribution >= 0.6 is 0 Å². The molecule has 8 heteroatoms. The average Bonchev–Trinajstić information content (AvgIpc) is 3.13. The molecule has 0 unspecified atom stereocenters. The normalized spacial score (nSPS) is 11.0. The van der Waals surface area contributed by atoms with Crippen LogP contribution in [0.1, 0.15) is 11.1 Å². The van der Waals surface area contributed by atoms with Crippen molar-refractivity contribution in [3.05, 3.63) is 71.8 Å². The summed E-state index contributed by atoms with van der Waals surface area (Å²) in [4.78, 5) is 5.11. The second-order valence-electron chi connectivity index (χ2n) is 5.00. The van der Waals surface area contributed by atoms with Gasteiger partial charge in [0.25, 0.3) is 0 Å². The summed E-state index contributed by atoms with van der Waals surface area (Å²) >= 11 is 0. The minimum Gasteiger partial charge on any atom is -0.496 e. The fourth-order valence-corrected chi connectivity index (χ4v) is 2.13. The number of benzene rings is 2. The summed E-state index contributed by atoms with van der Waals surface area (Å²) in [6.07, 6.45) is 4.43. The molecule has 0 radical (unpaired) electrons. The summed E-state index contributed by atoms with van der Waals surface area (Å²) in [6, 6.07) is 8.50. The van der Waals surface area contributed by atoms with E-state index in [1.165, 1.54) is 30.6 Å². The molecule has 0 spiro atoms. The molecule has 0 aliphatic rings. The van der Waals surface area contributed by atoms with Crippen LogP contribution < -0.4 is 9.47 Å². The van der Waals surface area contributed by atoms with E-state index in [9.17, 15) is 8.78 Å². The van der Waals surface area contributed by atoms with Crippen molar-refractivity contribution in [2.75, 3.05) is 7.11 Å². The Morgan fingerprint density at radius 1 is 1.16 bits per heavy atom. The third kappa shape index (κ3) is 4.17. The summed E-state index contributed by atoms with van der Waals surface area (Å²) in [6.45, 7) is 0.0523. The standard InChI is InChI=1S/C17H14F2N4O2/c1-24-16-4-2-12(8-21-23-11-20-10-22-23)6-13(16)9-25-17-5-3-14(18)7-15(17)19/h2-8,10-11H,9H2,1H3/b21-8+. The molecule has 0 saturated heterocycles. The van der Waals surface area contributed by atoms with E-state index in [-0.39, 0.29) is 12.4 Å². The lowest BCUT2D eigenvalue weighted by Gasteiger charge is -2.11. The summed E-state index contributed by atoms with van der Waals surface area (Å²) in [5.41, 5.74) is 1.46. The molecule has 0 N–H and O–H groups in total. The highest BCUT2D eigenvalue weighted by Gasteiger charge is 2.09. The van der Waals surface area contributed by atoms with Gasteiger partial charge in [0.2, 0.25) is 0 Å². The lowest BCUT2D eigenvalue weighted by Crippen LogP contribution is -2.02. The summed E-state index contributed by atoms with van der Waals surface area (Å²) in [5.74, 6) is -0.873. The average molecular weight is 344 g/mol. The molecule has 0 amide bonds. The van der Waals surface area contributed by atoms with Gasteiger partial charge in [0.15, 0.2) is 11.6 Å². The Balaban J connectivity index is 1.78. The van der Waals surface area contributed by atoms with Crippen LogP contribution in [0.15, 0.2) is 54.2 Å². The van der Waals surface area contributed by atoms with Crippen molar-refractivity contribution in [3.63, 3.8) is 0 Å². The first-order valence-electron chi connectivity index (χ1n) is 7.29. The predicted octanol–water partition coefficient (Wildman–Crippen LogP) is 3.03. The second-order valence-corrected chi connectivity index (χ2v) is 5.00. The molecule has 2 aromatic carbocycles. The summed E-state index contributed by atoms with van der Waals surface area (Å²) < 4.78 is 37.3. The number of hydrogen-bond donors (Lipinski definition) is 0. The highest BCUT2D eigenvalue weighted by atomic mass is 19.1. The van der Waals surface area contributed by atoms with Crippen molar-refractivity contribution in [2.24, 2.45) is 5.10 Å². The molecule has 0 saturated carbocycles. The Morgan fingerprint density at radius 2 is 2.00 bits per heavy atom. The number of nitrogens with zero attached hydrogens (tertiary/aromatic N) is 4. The van der Waals surface area contributed by atoms with Gasteiger partial charge < -0.3 is 9.47 Å². The second kappa shape index (κ2) is 7.52. The minimum atomic E-state index is -0.761. The maximum atomic E-state index is 13.7. The molecule has 0 aliphatic heterocycles. The van der Waals surface area contributed by atoms with Crippen LogP contribution in [-0.2, 0) is 6.61 Å². The molecule has 0 bridgehead atoms. The van der Waals surface area contributed by atoms with Crippen LogP contribution in [0.3, 0.4) is 0 Å². The van der Waals surface area contributed by atoms with Crippen LogP contribution in [-0.4, -0.2) is 28.2 Å². The monoisotopic (exact) mass is 344 g/mol. The Hall–Kier alpha value is -3.29. The highest BCUT2D eigenvalue weighted by Crippen LogP contribution is 2.23. The molecular formula is C17H14F2N4O2. The first kappa shape index (κ1) is 16.6. The maximum absolute atomic E-state index is 13.7. The van der Waals surface area contributed by atoms with E-state index in [1.807, 2.05) is 0 Å². The van der Waals surface area contributed by atoms with E-state index in [2.05, 4.69) is 15.2 Å². The zero-order valence-electron chi connectivity index (χ0n) is 13.3. The molecule has 1 aromatic heterocycles. The number of rotatable bonds is 6. The van der Waals surface area contributed by atoms with Gasteiger partial charge >= 0.3 is 0 Å². The SMILES string of the molecule is COc1ccc(/C=N/n2cncn2)cc1COc1ccc(F)cc1F. The molecule has 0 fully saturated rings. The number of hydrogen-bond acceptors (Lipinski definition) is 5. The Bertz CT molecular complexity index is 882. The molecule has 25 heavy (non-hydrogen) atoms. The van der Waals surface area contributed by atoms with Crippen molar-refractivity contribution < 1.29 is 18.3 Å². The van der Waals surface area contributed by atoms with E-state index >= 15 is 0 Å². The molecule has 3 aromatic rings. The smallest absolute Gasteiger partial charge is 0.167 e. The van der Waals surface area contributed by atoms with Gasteiger partial charge in [0.1, 0.15) is 30.8 Å². The maximum Gasteiger partial charge on any atom is 0.167 e. The first-order chi connectivity index (χ1) is 12.2. The molecule has 6 nitrogen and oxygen atoms in total. The largest absolute Gasteiger partial charge is 0.496 e. The third-order valence-electron chi connectivity index (χ3n) is 3.31. The van der Waals surface area contributed by atoms with E-state index in [0.29, 0.717) is 11.3 Å². The number of aromatic nitrogens is 3. The number of ether oxygens (including phenoxy) is 2. The van der Waals surface area contributed by atoms with Crippen molar-refractivity contribution in [1.29, 1.82) is 0 Å². The first-order valence-corrected chi connectivity index (χ1v) is 7.29. The Labute approximate surface area is 142 Å². The Morgan fingerprint density at radius 3 is 2.72 bits per heavy atom. The van der Waals surface area contributed by atoms with E-state index in [1.54, 1.807) is 24.4 Å². The predicted molar refractivity (Wildman–Crippen MR) is 86.7 cm³/mol. The van der Waals surface area contributed by atoms with Gasteiger partial charge in [-0.1, -0.05) is 0 Å². The topological polar surface area (TPSA) is 61.5 Å². The fraction of sp³-hybridized carbons (Fsp3) is 0.118. The highest BCUT2D eigenvalue weighted by molar-refractivity contribution is 5.80. The van der Waals surface area contributed by atoms with Crippen molar-refractivity contribution in [2.45, 2.75) is 6.61 Å². The van der Waals surface area contributed by atoms with Gasteiger partial charge in [0, 0.05) is 11.6 Å². The van der Waals surface area contributed by atoms with E-state index < -0.39 is 11.6 Å². The van der Waals surface area contributed by atoms with Crippen LogP contribution in [0.5, 0.6) is 11.5 Å². The lowest BCUT2D eigenvalue weighted by molar-refractivity contribution is 0.282. The quantitative estimate of drug-likeness (QED) is 0.645. The van der Waals surface area contributed by atoms with Gasteiger partial charge in [0.05, 0.1) is 13.3 Å². The van der Waals surface area contributed by atoms with E-state index in [4.69, 9.17) is 9.47 Å². The van der Waals surface area contributed by atoms with Crippen LogP contribution in [0.4, 0.5) is 8.78 Å². The van der Waals surface area contributed by atoms with Gasteiger partial charge in [-0.3, -0.25) is 0 Å². The zero-order valence-corrected chi connectivity index (χ0v) is 13.3. The molecule has 0 atom stereocenters. The van der Waals surface area contributed by atoms with Crippen molar-refractivity contribution >= 4 is 6.21 Å². The van der Waals surface area contributed by atoms with Gasteiger partial charge in [-0.05, 0) is 35.9 Å².